The highest BCUT2D eigenvalue weighted by Gasteiger charge is 2.32. The van der Waals surface area contributed by atoms with Crippen LogP contribution in [0.3, 0.4) is 0 Å². The number of imide groups is 1. The second-order valence-electron chi connectivity index (χ2n) is 7.41. The van der Waals surface area contributed by atoms with Crippen LogP contribution in [0.1, 0.15) is 12.8 Å². The Labute approximate surface area is 180 Å². The van der Waals surface area contributed by atoms with E-state index in [-0.39, 0.29) is 49.8 Å². The smallest absolute Gasteiger partial charge is 0.326 e. The molecule has 162 valence electrons. The molecule has 10 heteroatoms. The van der Waals surface area contributed by atoms with Gasteiger partial charge in [0.25, 0.3) is 0 Å². The molecule has 2 fully saturated rings. The Bertz CT molecular complexity index is 825. The lowest BCUT2D eigenvalue weighted by atomic mass is 10.2. The van der Waals surface area contributed by atoms with Crippen LogP contribution in [0.4, 0.5) is 10.5 Å². The highest BCUT2D eigenvalue weighted by Crippen LogP contribution is 2.20. The molecule has 0 spiro atoms. The molecule has 0 aromatic heterocycles. The van der Waals surface area contributed by atoms with Crippen molar-refractivity contribution in [3.8, 4) is 0 Å². The zero-order valence-electron chi connectivity index (χ0n) is 17.0. The molecule has 9 nitrogen and oxygen atoms in total. The number of nitrogens with zero attached hydrogens (tertiary/aromatic N) is 4. The molecule has 0 aliphatic carbocycles. The summed E-state index contributed by atoms with van der Waals surface area (Å²) in [5.74, 6) is -0.649. The van der Waals surface area contributed by atoms with Gasteiger partial charge in [0, 0.05) is 56.9 Å². The highest BCUT2D eigenvalue weighted by molar-refractivity contribution is 6.30. The summed E-state index contributed by atoms with van der Waals surface area (Å²) < 4.78 is 0. The minimum absolute atomic E-state index is 0.0552. The van der Waals surface area contributed by atoms with Crippen LogP contribution in [0, 0.1) is 0 Å². The number of nitrogens with one attached hydrogen (secondary N) is 1. The highest BCUT2D eigenvalue weighted by atomic mass is 35.5. The average molecular weight is 436 g/mol. The van der Waals surface area contributed by atoms with Crippen molar-refractivity contribution >= 4 is 41.0 Å². The average Bonchev–Trinajstić information content (AvgIpc) is 2.98. The second-order valence-corrected chi connectivity index (χ2v) is 7.85. The molecule has 1 N–H and O–H groups in total. The van der Waals surface area contributed by atoms with Crippen molar-refractivity contribution in [2.45, 2.75) is 12.8 Å². The molecule has 5 amide bonds. The molecule has 1 aromatic rings. The molecule has 2 aliphatic rings. The maximum atomic E-state index is 12.4. The fraction of sp³-hybridized carbons (Fsp3) is 0.500. The van der Waals surface area contributed by atoms with E-state index in [2.05, 4.69) is 10.2 Å². The van der Waals surface area contributed by atoms with Gasteiger partial charge in [0.15, 0.2) is 0 Å². The molecule has 0 radical (unpaired) electrons. The van der Waals surface area contributed by atoms with Crippen LogP contribution in [0.25, 0.3) is 0 Å². The number of likely N-dealkylation sites (N-methyl/N-ethyl adjacent to an activating group) is 1. The van der Waals surface area contributed by atoms with Gasteiger partial charge >= 0.3 is 6.03 Å². The summed E-state index contributed by atoms with van der Waals surface area (Å²) in [6, 6.07) is 7.28. The number of carbonyl (C=O) groups is 4. The summed E-state index contributed by atoms with van der Waals surface area (Å²) in [4.78, 5) is 54.2. The monoisotopic (exact) mass is 435 g/mol. The first-order valence-electron chi connectivity index (χ1n) is 9.95. The minimum Gasteiger partial charge on any atom is -0.368 e. The van der Waals surface area contributed by atoms with Gasteiger partial charge in [0.1, 0.15) is 6.54 Å². The van der Waals surface area contributed by atoms with Crippen molar-refractivity contribution < 1.29 is 19.2 Å². The number of carbonyl (C=O) groups excluding carboxylic acids is 4. The first-order valence-corrected chi connectivity index (χ1v) is 10.3. The molecule has 2 heterocycles. The maximum absolute atomic E-state index is 12.4. The summed E-state index contributed by atoms with van der Waals surface area (Å²) in [7, 11) is 1.56. The number of benzene rings is 1. The Balaban J connectivity index is 1.34. The van der Waals surface area contributed by atoms with E-state index in [1.807, 2.05) is 24.3 Å². The number of halogens is 1. The Morgan fingerprint density at radius 2 is 1.87 bits per heavy atom. The van der Waals surface area contributed by atoms with Crippen LogP contribution in [0.15, 0.2) is 24.3 Å². The van der Waals surface area contributed by atoms with Crippen molar-refractivity contribution in [3.05, 3.63) is 29.3 Å². The second kappa shape index (κ2) is 9.80. The lowest BCUT2D eigenvalue weighted by Gasteiger charge is -2.36. The van der Waals surface area contributed by atoms with Gasteiger partial charge in [0.2, 0.25) is 17.7 Å². The number of anilines is 1. The molecule has 0 atom stereocenters. The van der Waals surface area contributed by atoms with Gasteiger partial charge in [-0.1, -0.05) is 17.7 Å². The minimum atomic E-state index is -0.340. The Hall–Kier alpha value is -2.81. The fourth-order valence-electron chi connectivity index (χ4n) is 3.55. The lowest BCUT2D eigenvalue weighted by molar-refractivity contribution is -0.133. The summed E-state index contributed by atoms with van der Waals surface area (Å²) in [6.07, 6.45) is 0.514. The molecule has 2 aliphatic heterocycles. The van der Waals surface area contributed by atoms with E-state index < -0.39 is 0 Å². The normalized spacial score (nSPS) is 17.0. The van der Waals surface area contributed by atoms with Crippen LogP contribution >= 0.6 is 11.6 Å². The van der Waals surface area contributed by atoms with Crippen LogP contribution in [-0.4, -0.2) is 91.3 Å². The van der Waals surface area contributed by atoms with Gasteiger partial charge < -0.3 is 20.0 Å². The van der Waals surface area contributed by atoms with E-state index in [0.29, 0.717) is 37.6 Å². The van der Waals surface area contributed by atoms with E-state index in [1.54, 1.807) is 11.9 Å². The molecule has 1 aromatic carbocycles. The Kier molecular flexibility index (Phi) is 7.15. The van der Waals surface area contributed by atoms with Crippen molar-refractivity contribution in [3.63, 3.8) is 0 Å². The largest absolute Gasteiger partial charge is 0.368 e. The van der Waals surface area contributed by atoms with Crippen molar-refractivity contribution in [1.82, 2.24) is 20.0 Å². The third kappa shape index (κ3) is 5.41. The lowest BCUT2D eigenvalue weighted by Crippen LogP contribution is -2.51. The van der Waals surface area contributed by atoms with Crippen LogP contribution in [0.5, 0.6) is 0 Å². The molecule has 2 saturated heterocycles. The predicted molar refractivity (Wildman–Crippen MR) is 112 cm³/mol. The Morgan fingerprint density at radius 1 is 1.13 bits per heavy atom. The van der Waals surface area contributed by atoms with Crippen LogP contribution in [0.2, 0.25) is 5.02 Å². The number of hydrogen-bond donors (Lipinski definition) is 1. The van der Waals surface area contributed by atoms with E-state index >= 15 is 0 Å². The number of urea groups is 1. The first-order chi connectivity index (χ1) is 14.3. The molecule has 0 bridgehead atoms. The molecule has 30 heavy (non-hydrogen) atoms. The maximum Gasteiger partial charge on any atom is 0.326 e. The van der Waals surface area contributed by atoms with Crippen molar-refractivity contribution in [2.24, 2.45) is 0 Å². The first kappa shape index (κ1) is 21.9. The summed E-state index contributed by atoms with van der Waals surface area (Å²) in [5, 5.41) is 3.31. The quantitative estimate of drug-likeness (QED) is 0.639. The number of piperazine rings is 1. The zero-order chi connectivity index (χ0) is 21.7. The zero-order valence-corrected chi connectivity index (χ0v) is 17.7. The number of amides is 5. The van der Waals surface area contributed by atoms with Crippen molar-refractivity contribution in [1.29, 1.82) is 0 Å². The number of rotatable bonds is 7. The molecule has 0 unspecified atom stereocenters. The SMILES string of the molecule is CN1CC(=O)N(CCCC(=O)NCC(=O)N2CCN(c3cccc(Cl)c3)CC2)C1=O. The fourth-order valence-corrected chi connectivity index (χ4v) is 3.73. The third-order valence-corrected chi connectivity index (χ3v) is 5.49. The van der Waals surface area contributed by atoms with Gasteiger partial charge in [-0.25, -0.2) is 4.79 Å². The Morgan fingerprint density at radius 3 is 2.50 bits per heavy atom. The summed E-state index contributed by atoms with van der Waals surface area (Å²) in [6.45, 7) is 2.78. The standard InChI is InChI=1S/C20H26ClN5O4/c1-23-14-19(29)26(20(23)30)7-3-6-17(27)22-13-18(28)25-10-8-24(9-11-25)16-5-2-4-15(21)12-16/h2,4-5,12H,3,6-11,13-14H2,1H3,(H,22,27). The van der Waals surface area contributed by atoms with Gasteiger partial charge in [0.05, 0.1) is 6.54 Å². The van der Waals surface area contributed by atoms with E-state index in [0.717, 1.165) is 10.6 Å². The molecule has 0 saturated carbocycles. The molecular formula is C20H26ClN5O4. The predicted octanol–water partition coefficient (Wildman–Crippen LogP) is 0.779. The van der Waals surface area contributed by atoms with Gasteiger partial charge in [-0.3, -0.25) is 19.3 Å². The van der Waals surface area contributed by atoms with Crippen LogP contribution in [-0.2, 0) is 14.4 Å². The number of hydrogen-bond acceptors (Lipinski definition) is 5. The van der Waals surface area contributed by atoms with E-state index in [9.17, 15) is 19.2 Å². The molecular weight excluding hydrogens is 410 g/mol. The van der Waals surface area contributed by atoms with Gasteiger partial charge in [-0.2, -0.15) is 0 Å². The topological polar surface area (TPSA) is 93.3 Å². The third-order valence-electron chi connectivity index (χ3n) is 5.26. The van der Waals surface area contributed by atoms with Gasteiger partial charge in [-0.05, 0) is 24.6 Å². The van der Waals surface area contributed by atoms with E-state index in [4.69, 9.17) is 11.6 Å². The summed E-state index contributed by atoms with van der Waals surface area (Å²) >= 11 is 6.04. The molecule has 3 rings (SSSR count). The van der Waals surface area contributed by atoms with Crippen molar-refractivity contribution in [2.75, 3.05) is 57.8 Å². The summed E-state index contributed by atoms with van der Waals surface area (Å²) in [5.41, 5.74) is 1.03. The van der Waals surface area contributed by atoms with E-state index in [1.165, 1.54) is 4.90 Å². The van der Waals surface area contributed by atoms with Gasteiger partial charge in [-0.15, -0.1) is 0 Å². The van der Waals surface area contributed by atoms with Crippen LogP contribution < -0.4 is 10.2 Å².